The molecule has 0 amide bonds. The van der Waals surface area contributed by atoms with Crippen LogP contribution in [0.5, 0.6) is 0 Å². The van der Waals surface area contributed by atoms with Gasteiger partial charge in [-0.05, 0) is 44.6 Å². The maximum Gasteiger partial charge on any atom is 0.321 e. The fraction of sp³-hybridized carbons (Fsp3) is 0.923. The molecule has 0 saturated carbocycles. The molecule has 2 heterocycles. The van der Waals surface area contributed by atoms with Crippen LogP contribution in [0.1, 0.15) is 39.0 Å². The molecule has 0 aromatic heterocycles. The Kier molecular flexibility index (Phi) is 4.40. The summed E-state index contributed by atoms with van der Waals surface area (Å²) in [4.78, 5) is 13.5. The smallest absolute Gasteiger partial charge is 0.321 e. The molecule has 98 valence electrons. The summed E-state index contributed by atoms with van der Waals surface area (Å²) in [5, 5.41) is 9.33. The van der Waals surface area contributed by atoms with Gasteiger partial charge in [0.2, 0.25) is 0 Å². The predicted octanol–water partition coefficient (Wildman–Crippen LogP) is 1.74. The molecule has 4 heteroatoms. The molecular formula is C13H23NO3. The van der Waals surface area contributed by atoms with E-state index >= 15 is 0 Å². The van der Waals surface area contributed by atoms with Gasteiger partial charge in [0, 0.05) is 13.2 Å². The monoisotopic (exact) mass is 241 g/mol. The van der Waals surface area contributed by atoms with Gasteiger partial charge in [-0.15, -0.1) is 0 Å². The average molecular weight is 241 g/mol. The van der Waals surface area contributed by atoms with Crippen LogP contribution in [0.15, 0.2) is 0 Å². The minimum Gasteiger partial charge on any atom is -0.480 e. The minimum absolute atomic E-state index is 0.246. The van der Waals surface area contributed by atoms with Gasteiger partial charge in [-0.3, -0.25) is 9.69 Å². The Hall–Kier alpha value is -0.610. The Balaban J connectivity index is 1.94. The van der Waals surface area contributed by atoms with Crippen LogP contribution in [0.2, 0.25) is 0 Å². The van der Waals surface area contributed by atoms with Crippen molar-refractivity contribution in [2.24, 2.45) is 5.92 Å². The van der Waals surface area contributed by atoms with Crippen LogP contribution in [0.25, 0.3) is 0 Å². The summed E-state index contributed by atoms with van der Waals surface area (Å²) in [5.41, 5.74) is 0. The van der Waals surface area contributed by atoms with E-state index in [1.165, 1.54) is 6.42 Å². The lowest BCUT2D eigenvalue weighted by molar-refractivity contribution is -0.148. The highest BCUT2D eigenvalue weighted by Crippen LogP contribution is 2.25. The number of nitrogens with zero attached hydrogens (tertiary/aromatic N) is 1. The van der Waals surface area contributed by atoms with E-state index in [-0.39, 0.29) is 18.1 Å². The number of aliphatic carboxylic acids is 1. The molecule has 0 aliphatic carbocycles. The van der Waals surface area contributed by atoms with E-state index in [9.17, 15) is 9.90 Å². The van der Waals surface area contributed by atoms with E-state index in [4.69, 9.17) is 4.74 Å². The molecule has 0 radical (unpaired) electrons. The number of hydrogen-bond acceptors (Lipinski definition) is 3. The van der Waals surface area contributed by atoms with Crippen LogP contribution in [0, 0.1) is 5.92 Å². The zero-order chi connectivity index (χ0) is 12.3. The molecular weight excluding hydrogens is 218 g/mol. The number of piperidine rings is 1. The molecule has 4 nitrogen and oxygen atoms in total. The summed E-state index contributed by atoms with van der Waals surface area (Å²) in [7, 11) is 0. The third-order valence-corrected chi connectivity index (χ3v) is 4.00. The molecule has 2 rings (SSSR count). The quantitative estimate of drug-likeness (QED) is 0.817. The number of carboxylic acid groups (broad SMARTS) is 1. The van der Waals surface area contributed by atoms with Crippen LogP contribution in [-0.2, 0) is 9.53 Å². The predicted molar refractivity (Wildman–Crippen MR) is 65.0 cm³/mol. The zero-order valence-corrected chi connectivity index (χ0v) is 10.6. The first kappa shape index (κ1) is 12.8. The van der Waals surface area contributed by atoms with Gasteiger partial charge in [0.05, 0.1) is 6.10 Å². The van der Waals surface area contributed by atoms with Crippen molar-refractivity contribution in [3.8, 4) is 0 Å². The second-order valence-electron chi connectivity index (χ2n) is 5.39. The molecule has 3 unspecified atom stereocenters. The molecule has 0 spiro atoms. The van der Waals surface area contributed by atoms with Crippen LogP contribution in [0.3, 0.4) is 0 Å². The third kappa shape index (κ3) is 3.19. The number of carbonyl (C=O) groups is 1. The molecule has 2 aliphatic heterocycles. The van der Waals surface area contributed by atoms with Gasteiger partial charge in [-0.2, -0.15) is 0 Å². The van der Waals surface area contributed by atoms with Crippen molar-refractivity contribution in [3.05, 3.63) is 0 Å². The molecule has 2 fully saturated rings. The highest BCUT2D eigenvalue weighted by molar-refractivity contribution is 5.74. The number of likely N-dealkylation sites (tertiary alicyclic amines) is 1. The van der Waals surface area contributed by atoms with Gasteiger partial charge < -0.3 is 9.84 Å². The molecule has 17 heavy (non-hydrogen) atoms. The second-order valence-corrected chi connectivity index (χ2v) is 5.39. The molecule has 0 bridgehead atoms. The molecule has 3 atom stereocenters. The molecule has 0 aromatic carbocycles. The Bertz CT molecular complexity index is 263. The summed E-state index contributed by atoms with van der Waals surface area (Å²) in [6.07, 6.45) is 5.82. The molecule has 2 aliphatic rings. The topological polar surface area (TPSA) is 49.8 Å². The maximum atomic E-state index is 11.3. The first-order valence-corrected chi connectivity index (χ1v) is 6.77. The number of hydrogen-bond donors (Lipinski definition) is 1. The fourth-order valence-corrected chi connectivity index (χ4v) is 3.09. The van der Waals surface area contributed by atoms with Crippen molar-refractivity contribution < 1.29 is 14.6 Å². The Labute approximate surface area is 103 Å². The van der Waals surface area contributed by atoms with Crippen LogP contribution in [0.4, 0.5) is 0 Å². The number of carboxylic acids is 1. The summed E-state index contributed by atoms with van der Waals surface area (Å²) in [5.74, 6) is -0.419. The summed E-state index contributed by atoms with van der Waals surface area (Å²) >= 11 is 0. The lowest BCUT2D eigenvalue weighted by Gasteiger charge is -2.39. The van der Waals surface area contributed by atoms with E-state index < -0.39 is 5.97 Å². The summed E-state index contributed by atoms with van der Waals surface area (Å²) in [6, 6.07) is -0.311. The normalized spacial score (nSPS) is 35.7. The number of ether oxygens (including phenoxy) is 1. The van der Waals surface area contributed by atoms with Gasteiger partial charge >= 0.3 is 5.97 Å². The zero-order valence-electron chi connectivity index (χ0n) is 10.6. The number of rotatable bonds is 3. The van der Waals surface area contributed by atoms with Crippen molar-refractivity contribution in [3.63, 3.8) is 0 Å². The lowest BCUT2D eigenvalue weighted by atomic mass is 9.90. The highest BCUT2D eigenvalue weighted by Gasteiger charge is 2.35. The highest BCUT2D eigenvalue weighted by atomic mass is 16.5. The van der Waals surface area contributed by atoms with E-state index in [1.54, 1.807) is 0 Å². The van der Waals surface area contributed by atoms with Crippen LogP contribution < -0.4 is 0 Å². The van der Waals surface area contributed by atoms with Gasteiger partial charge in [0.25, 0.3) is 0 Å². The first-order valence-electron chi connectivity index (χ1n) is 6.77. The van der Waals surface area contributed by atoms with Crippen molar-refractivity contribution in [2.45, 2.75) is 51.2 Å². The van der Waals surface area contributed by atoms with Crippen molar-refractivity contribution in [1.82, 2.24) is 4.90 Å². The molecule has 0 aromatic rings. The Morgan fingerprint density at radius 1 is 1.35 bits per heavy atom. The van der Waals surface area contributed by atoms with Crippen molar-refractivity contribution in [1.29, 1.82) is 0 Å². The van der Waals surface area contributed by atoms with E-state index in [1.807, 2.05) is 6.92 Å². The molecule has 1 N–H and O–H groups in total. The van der Waals surface area contributed by atoms with Gasteiger partial charge in [0.1, 0.15) is 6.04 Å². The fourth-order valence-electron chi connectivity index (χ4n) is 3.09. The Morgan fingerprint density at radius 2 is 2.18 bits per heavy atom. The third-order valence-electron chi connectivity index (χ3n) is 4.00. The van der Waals surface area contributed by atoms with E-state index in [2.05, 4.69) is 4.90 Å². The van der Waals surface area contributed by atoms with Crippen LogP contribution >= 0.6 is 0 Å². The Morgan fingerprint density at radius 3 is 2.82 bits per heavy atom. The second kappa shape index (κ2) is 5.83. The minimum atomic E-state index is -0.673. The van der Waals surface area contributed by atoms with Gasteiger partial charge in [-0.25, -0.2) is 0 Å². The average Bonchev–Trinajstić information content (AvgIpc) is 2.30. The van der Waals surface area contributed by atoms with Gasteiger partial charge in [-0.1, -0.05) is 6.92 Å². The largest absolute Gasteiger partial charge is 0.480 e. The van der Waals surface area contributed by atoms with E-state index in [0.29, 0.717) is 0 Å². The molecule has 2 saturated heterocycles. The maximum absolute atomic E-state index is 11.3. The van der Waals surface area contributed by atoms with Gasteiger partial charge in [0.15, 0.2) is 0 Å². The summed E-state index contributed by atoms with van der Waals surface area (Å²) in [6.45, 7) is 4.58. The van der Waals surface area contributed by atoms with E-state index in [0.717, 1.165) is 45.4 Å². The van der Waals surface area contributed by atoms with Crippen LogP contribution in [-0.4, -0.2) is 47.8 Å². The standard InChI is InChI=1S/C13H23NO3/c1-10-5-4-7-14(12(10)13(15)16)9-11-6-2-3-8-17-11/h10-12H,2-9H2,1H3,(H,15,16). The SMILES string of the molecule is CC1CCCN(CC2CCCCO2)C1C(=O)O. The van der Waals surface area contributed by atoms with Crippen molar-refractivity contribution in [2.75, 3.05) is 19.7 Å². The lowest BCUT2D eigenvalue weighted by Crippen LogP contribution is -2.52. The van der Waals surface area contributed by atoms with Crippen molar-refractivity contribution >= 4 is 5.97 Å². The summed E-state index contributed by atoms with van der Waals surface area (Å²) < 4.78 is 5.71. The first-order chi connectivity index (χ1) is 8.18.